The largest absolute Gasteiger partial charge is 0.346 e. The molecule has 3 heteroatoms. The molecule has 2 atom stereocenters. The van der Waals surface area contributed by atoms with Gasteiger partial charge in [-0.15, -0.1) is 0 Å². The van der Waals surface area contributed by atoms with Gasteiger partial charge in [0.05, 0.1) is 6.04 Å². The number of hydrogen-bond acceptors (Lipinski definition) is 2. The van der Waals surface area contributed by atoms with Gasteiger partial charge in [0.25, 0.3) is 0 Å². The Morgan fingerprint density at radius 1 is 1.33 bits per heavy atom. The van der Waals surface area contributed by atoms with Crippen LogP contribution < -0.4 is 5.32 Å². The SMILES string of the molecule is CC[C@@H](C)C(NC(C)=O)C(C)=O. The Morgan fingerprint density at radius 3 is 2.08 bits per heavy atom. The lowest BCUT2D eigenvalue weighted by Crippen LogP contribution is -2.42. The molecule has 0 bridgehead atoms. The third-order valence-electron chi connectivity index (χ3n) is 2.01. The Bertz CT molecular complexity index is 177. The summed E-state index contributed by atoms with van der Waals surface area (Å²) in [7, 11) is 0. The van der Waals surface area contributed by atoms with E-state index in [1.807, 2.05) is 13.8 Å². The summed E-state index contributed by atoms with van der Waals surface area (Å²) >= 11 is 0. The second kappa shape index (κ2) is 4.91. The summed E-state index contributed by atoms with van der Waals surface area (Å²) in [5.41, 5.74) is 0. The molecule has 1 N–H and O–H groups in total. The Balaban J connectivity index is 4.22. The number of nitrogens with one attached hydrogen (secondary N) is 1. The van der Waals surface area contributed by atoms with Gasteiger partial charge >= 0.3 is 0 Å². The van der Waals surface area contributed by atoms with E-state index < -0.39 is 0 Å². The van der Waals surface area contributed by atoms with Crippen LogP contribution in [0, 0.1) is 5.92 Å². The molecular formula is C9H17NO2. The van der Waals surface area contributed by atoms with Gasteiger partial charge in [0.15, 0.2) is 5.78 Å². The predicted octanol–water partition coefficient (Wildman–Crippen LogP) is 1.13. The smallest absolute Gasteiger partial charge is 0.217 e. The maximum Gasteiger partial charge on any atom is 0.217 e. The van der Waals surface area contributed by atoms with E-state index in [4.69, 9.17) is 0 Å². The van der Waals surface area contributed by atoms with Crippen LogP contribution in [-0.2, 0) is 9.59 Å². The third kappa shape index (κ3) is 3.51. The monoisotopic (exact) mass is 171 g/mol. The lowest BCUT2D eigenvalue weighted by atomic mass is 9.96. The average Bonchev–Trinajstić information content (AvgIpc) is 1.98. The van der Waals surface area contributed by atoms with E-state index in [0.29, 0.717) is 0 Å². The van der Waals surface area contributed by atoms with Crippen LogP contribution >= 0.6 is 0 Å². The van der Waals surface area contributed by atoms with E-state index in [2.05, 4.69) is 5.32 Å². The van der Waals surface area contributed by atoms with Gasteiger partial charge in [0.2, 0.25) is 5.91 Å². The van der Waals surface area contributed by atoms with Gasteiger partial charge in [0.1, 0.15) is 0 Å². The Hall–Kier alpha value is -0.860. The number of hydrogen-bond donors (Lipinski definition) is 1. The quantitative estimate of drug-likeness (QED) is 0.689. The number of Topliss-reactive ketones (excluding diaryl/α,β-unsaturated/α-hetero) is 1. The van der Waals surface area contributed by atoms with Crippen LogP contribution in [-0.4, -0.2) is 17.7 Å². The Kier molecular flexibility index (Phi) is 4.55. The first kappa shape index (κ1) is 11.1. The van der Waals surface area contributed by atoms with Gasteiger partial charge in [-0.05, 0) is 12.8 Å². The number of ketones is 1. The number of carbonyl (C=O) groups excluding carboxylic acids is 2. The van der Waals surface area contributed by atoms with Gasteiger partial charge in [-0.1, -0.05) is 20.3 Å². The molecule has 0 saturated carbocycles. The molecule has 1 amide bonds. The van der Waals surface area contributed by atoms with Crippen molar-refractivity contribution in [1.29, 1.82) is 0 Å². The molecule has 0 radical (unpaired) electrons. The highest BCUT2D eigenvalue weighted by atomic mass is 16.2. The molecule has 0 heterocycles. The standard InChI is InChI=1S/C9H17NO2/c1-5-6(2)9(7(3)11)10-8(4)12/h6,9H,5H2,1-4H3,(H,10,12)/t6-,9?/m1/s1. The van der Waals surface area contributed by atoms with Crippen molar-refractivity contribution in [3.63, 3.8) is 0 Å². The van der Waals surface area contributed by atoms with Crippen molar-refractivity contribution >= 4 is 11.7 Å². The number of amides is 1. The van der Waals surface area contributed by atoms with Crippen LogP contribution in [0.5, 0.6) is 0 Å². The number of rotatable bonds is 4. The maximum absolute atomic E-state index is 11.1. The fourth-order valence-corrected chi connectivity index (χ4v) is 1.10. The fourth-order valence-electron chi connectivity index (χ4n) is 1.10. The molecule has 0 spiro atoms. The summed E-state index contributed by atoms with van der Waals surface area (Å²) < 4.78 is 0. The molecule has 0 rings (SSSR count). The van der Waals surface area contributed by atoms with Gasteiger partial charge in [-0.3, -0.25) is 9.59 Å². The first-order valence-electron chi connectivity index (χ1n) is 4.26. The van der Waals surface area contributed by atoms with Crippen LogP contribution in [0.4, 0.5) is 0 Å². The van der Waals surface area contributed by atoms with Gasteiger partial charge < -0.3 is 5.32 Å². The van der Waals surface area contributed by atoms with Crippen molar-refractivity contribution in [2.24, 2.45) is 5.92 Å². The third-order valence-corrected chi connectivity index (χ3v) is 2.01. The van der Waals surface area contributed by atoms with Gasteiger partial charge in [0, 0.05) is 6.92 Å². The molecular weight excluding hydrogens is 154 g/mol. The highest BCUT2D eigenvalue weighted by Gasteiger charge is 2.20. The van der Waals surface area contributed by atoms with Crippen molar-refractivity contribution in [3.8, 4) is 0 Å². The molecule has 0 aliphatic heterocycles. The molecule has 0 fully saturated rings. The highest BCUT2D eigenvalue weighted by molar-refractivity contribution is 5.86. The topological polar surface area (TPSA) is 46.2 Å². The molecule has 0 aromatic rings. The lowest BCUT2D eigenvalue weighted by molar-refractivity contribution is -0.126. The number of carbonyl (C=O) groups is 2. The second-order valence-corrected chi connectivity index (χ2v) is 3.17. The van der Waals surface area contributed by atoms with E-state index in [1.54, 1.807) is 0 Å². The summed E-state index contributed by atoms with van der Waals surface area (Å²) in [6, 6.07) is -0.313. The summed E-state index contributed by atoms with van der Waals surface area (Å²) in [4.78, 5) is 21.8. The second-order valence-electron chi connectivity index (χ2n) is 3.17. The Morgan fingerprint density at radius 2 is 1.83 bits per heavy atom. The average molecular weight is 171 g/mol. The van der Waals surface area contributed by atoms with Crippen LogP contribution in [0.3, 0.4) is 0 Å². The first-order valence-corrected chi connectivity index (χ1v) is 4.26. The Labute approximate surface area is 73.5 Å². The van der Waals surface area contributed by atoms with Crippen LogP contribution in [0.1, 0.15) is 34.1 Å². The van der Waals surface area contributed by atoms with Crippen molar-refractivity contribution in [2.75, 3.05) is 0 Å². The summed E-state index contributed by atoms with van der Waals surface area (Å²) in [6.07, 6.45) is 0.893. The summed E-state index contributed by atoms with van der Waals surface area (Å²) in [5.74, 6) is 0.0986. The molecule has 0 aromatic heterocycles. The van der Waals surface area contributed by atoms with E-state index in [-0.39, 0.29) is 23.7 Å². The highest BCUT2D eigenvalue weighted by Crippen LogP contribution is 2.08. The minimum Gasteiger partial charge on any atom is -0.346 e. The summed E-state index contributed by atoms with van der Waals surface area (Å²) in [5, 5.41) is 2.64. The van der Waals surface area contributed by atoms with Gasteiger partial charge in [-0.25, -0.2) is 0 Å². The van der Waals surface area contributed by atoms with Crippen molar-refractivity contribution in [3.05, 3.63) is 0 Å². The molecule has 0 saturated heterocycles. The molecule has 1 unspecified atom stereocenters. The molecule has 0 aromatic carbocycles. The molecule has 12 heavy (non-hydrogen) atoms. The van der Waals surface area contributed by atoms with E-state index in [0.717, 1.165) is 6.42 Å². The minimum atomic E-state index is -0.313. The fraction of sp³-hybridized carbons (Fsp3) is 0.778. The van der Waals surface area contributed by atoms with Crippen LogP contribution in [0.2, 0.25) is 0 Å². The zero-order valence-corrected chi connectivity index (χ0v) is 8.18. The van der Waals surface area contributed by atoms with Crippen LogP contribution in [0.25, 0.3) is 0 Å². The van der Waals surface area contributed by atoms with Crippen molar-refractivity contribution in [2.45, 2.75) is 40.2 Å². The zero-order chi connectivity index (χ0) is 9.72. The normalized spacial score (nSPS) is 15.0. The minimum absolute atomic E-state index is 0.0274. The van der Waals surface area contributed by atoms with E-state index in [9.17, 15) is 9.59 Å². The molecule has 0 aliphatic rings. The summed E-state index contributed by atoms with van der Waals surface area (Å²) in [6.45, 7) is 6.90. The first-order chi connectivity index (χ1) is 5.49. The predicted molar refractivity (Wildman–Crippen MR) is 47.7 cm³/mol. The molecule has 3 nitrogen and oxygen atoms in total. The van der Waals surface area contributed by atoms with Crippen LogP contribution in [0.15, 0.2) is 0 Å². The van der Waals surface area contributed by atoms with Crippen molar-refractivity contribution < 1.29 is 9.59 Å². The molecule has 0 aliphatic carbocycles. The zero-order valence-electron chi connectivity index (χ0n) is 8.18. The van der Waals surface area contributed by atoms with E-state index >= 15 is 0 Å². The van der Waals surface area contributed by atoms with Crippen molar-refractivity contribution in [1.82, 2.24) is 5.32 Å². The molecule has 70 valence electrons. The lowest BCUT2D eigenvalue weighted by Gasteiger charge is -2.20. The van der Waals surface area contributed by atoms with E-state index in [1.165, 1.54) is 13.8 Å². The maximum atomic E-state index is 11.1. The van der Waals surface area contributed by atoms with Gasteiger partial charge in [-0.2, -0.15) is 0 Å².